The first-order valence-electron chi connectivity index (χ1n) is 11.7. The number of carbonyl (C=O) groups excluding carboxylic acids is 3. The maximum absolute atomic E-state index is 13.6. The van der Waals surface area contributed by atoms with Crippen LogP contribution in [-0.4, -0.2) is 35.2 Å². The summed E-state index contributed by atoms with van der Waals surface area (Å²) < 4.78 is 13.5. The topological polar surface area (TPSA) is 78.5 Å². The molecule has 1 aliphatic rings. The summed E-state index contributed by atoms with van der Waals surface area (Å²) >= 11 is 1.28. The van der Waals surface area contributed by atoms with Crippen molar-refractivity contribution in [1.29, 1.82) is 0 Å². The van der Waals surface area contributed by atoms with Gasteiger partial charge in [0.1, 0.15) is 11.9 Å². The van der Waals surface area contributed by atoms with Crippen LogP contribution in [0, 0.1) is 5.82 Å². The molecule has 3 aromatic rings. The fourth-order valence-corrected chi connectivity index (χ4v) is 4.96. The molecule has 1 atom stereocenters. The summed E-state index contributed by atoms with van der Waals surface area (Å²) in [6.45, 7) is -0.177. The molecule has 1 saturated carbocycles. The number of benzene rings is 2. The van der Waals surface area contributed by atoms with Crippen LogP contribution in [0.5, 0.6) is 0 Å². The molecule has 1 unspecified atom stereocenters. The number of hydrogen-bond acceptors (Lipinski definition) is 4. The number of carbonyl (C=O) groups is 3. The summed E-state index contributed by atoms with van der Waals surface area (Å²) in [7, 11) is 0. The van der Waals surface area contributed by atoms with Crippen LogP contribution < -0.4 is 10.6 Å². The first kappa shape index (κ1) is 24.6. The molecule has 0 aliphatic heterocycles. The smallest absolute Gasteiger partial charge is 0.261 e. The van der Waals surface area contributed by atoms with Crippen LogP contribution in [0.4, 0.5) is 4.39 Å². The lowest BCUT2D eigenvalue weighted by Gasteiger charge is -2.32. The summed E-state index contributed by atoms with van der Waals surface area (Å²) in [6, 6.07) is 17.6. The van der Waals surface area contributed by atoms with Gasteiger partial charge in [-0.15, -0.1) is 11.3 Å². The number of rotatable bonds is 9. The summed E-state index contributed by atoms with van der Waals surface area (Å²) in [5.74, 6) is -1.40. The van der Waals surface area contributed by atoms with Crippen molar-refractivity contribution < 1.29 is 18.8 Å². The third-order valence-electron chi connectivity index (χ3n) is 6.11. The number of amides is 3. The van der Waals surface area contributed by atoms with E-state index in [1.165, 1.54) is 28.4 Å². The van der Waals surface area contributed by atoms with Gasteiger partial charge in [0.25, 0.3) is 5.91 Å². The first-order valence-corrected chi connectivity index (χ1v) is 12.6. The molecule has 2 aromatic carbocycles. The van der Waals surface area contributed by atoms with E-state index in [4.69, 9.17) is 0 Å². The monoisotopic (exact) mass is 493 g/mol. The molecule has 0 saturated heterocycles. The summed E-state index contributed by atoms with van der Waals surface area (Å²) in [5.41, 5.74) is 1.35. The Balaban J connectivity index is 1.61. The van der Waals surface area contributed by atoms with Crippen molar-refractivity contribution in [3.63, 3.8) is 0 Å². The van der Waals surface area contributed by atoms with E-state index in [2.05, 4.69) is 10.6 Å². The second-order valence-electron chi connectivity index (χ2n) is 8.61. The molecule has 1 fully saturated rings. The van der Waals surface area contributed by atoms with Gasteiger partial charge in [-0.1, -0.05) is 61.4 Å². The zero-order valence-electron chi connectivity index (χ0n) is 19.3. The van der Waals surface area contributed by atoms with Crippen molar-refractivity contribution in [3.05, 3.63) is 93.9 Å². The van der Waals surface area contributed by atoms with Gasteiger partial charge in [-0.2, -0.15) is 0 Å². The maximum atomic E-state index is 13.6. The van der Waals surface area contributed by atoms with Gasteiger partial charge in [-0.25, -0.2) is 4.39 Å². The number of nitrogens with one attached hydrogen (secondary N) is 2. The van der Waals surface area contributed by atoms with Crippen LogP contribution in [-0.2, 0) is 16.1 Å². The van der Waals surface area contributed by atoms with Crippen LogP contribution in [0.3, 0.4) is 0 Å². The Kier molecular flexibility index (Phi) is 8.26. The van der Waals surface area contributed by atoms with Crippen molar-refractivity contribution in [2.24, 2.45) is 0 Å². The van der Waals surface area contributed by atoms with E-state index in [1.807, 2.05) is 30.3 Å². The van der Waals surface area contributed by atoms with Crippen molar-refractivity contribution in [2.45, 2.75) is 44.3 Å². The van der Waals surface area contributed by atoms with Crippen molar-refractivity contribution in [2.75, 3.05) is 6.54 Å². The number of nitrogens with zero attached hydrogens (tertiary/aromatic N) is 1. The molecule has 0 spiro atoms. The average molecular weight is 494 g/mol. The van der Waals surface area contributed by atoms with Gasteiger partial charge in [0.15, 0.2) is 0 Å². The standard InChI is InChI=1S/C27H28FN3O3S/c28-21-14-12-19(13-15-21)18-31(24(32)17-29-26(33)23-11-6-16-35-23)25(20-7-2-1-3-8-20)27(34)30-22-9-4-5-10-22/h1-3,6-8,11-16,22,25H,4-5,9-10,17-18H2,(H,29,33)(H,30,34). The minimum atomic E-state index is -0.895. The molecule has 182 valence electrons. The molecule has 1 aromatic heterocycles. The minimum absolute atomic E-state index is 0.0787. The van der Waals surface area contributed by atoms with E-state index < -0.39 is 11.9 Å². The SMILES string of the molecule is O=C(NCC(=O)N(Cc1ccc(F)cc1)C(C(=O)NC1CCCC1)c1ccccc1)c1cccs1. The maximum Gasteiger partial charge on any atom is 0.261 e. The van der Waals surface area contributed by atoms with Gasteiger partial charge in [0, 0.05) is 12.6 Å². The molecule has 1 heterocycles. The Labute approximate surface area is 208 Å². The van der Waals surface area contributed by atoms with Gasteiger partial charge in [-0.3, -0.25) is 14.4 Å². The lowest BCUT2D eigenvalue weighted by molar-refractivity contribution is -0.141. The van der Waals surface area contributed by atoms with Crippen molar-refractivity contribution in [3.8, 4) is 0 Å². The van der Waals surface area contributed by atoms with Crippen LogP contribution >= 0.6 is 11.3 Å². The molecule has 8 heteroatoms. The van der Waals surface area contributed by atoms with E-state index >= 15 is 0 Å². The van der Waals surface area contributed by atoms with E-state index in [-0.39, 0.29) is 36.8 Å². The zero-order valence-corrected chi connectivity index (χ0v) is 20.1. The Hall–Kier alpha value is -3.52. The van der Waals surface area contributed by atoms with Gasteiger partial charge < -0.3 is 15.5 Å². The molecule has 2 N–H and O–H groups in total. The normalized spacial score (nSPS) is 14.3. The molecular weight excluding hydrogens is 465 g/mol. The highest BCUT2D eigenvalue weighted by atomic mass is 32.1. The largest absolute Gasteiger partial charge is 0.351 e. The van der Waals surface area contributed by atoms with Crippen molar-refractivity contribution in [1.82, 2.24) is 15.5 Å². The third-order valence-corrected chi connectivity index (χ3v) is 6.98. The molecule has 4 rings (SSSR count). The van der Waals surface area contributed by atoms with Gasteiger partial charge in [0.2, 0.25) is 11.8 Å². The first-order chi connectivity index (χ1) is 17.0. The fourth-order valence-electron chi connectivity index (χ4n) is 4.32. The lowest BCUT2D eigenvalue weighted by Crippen LogP contribution is -2.48. The minimum Gasteiger partial charge on any atom is -0.351 e. The molecule has 3 amide bonds. The second-order valence-corrected chi connectivity index (χ2v) is 9.56. The zero-order chi connectivity index (χ0) is 24.6. The summed E-state index contributed by atoms with van der Waals surface area (Å²) in [5, 5.41) is 7.57. The highest BCUT2D eigenvalue weighted by molar-refractivity contribution is 7.12. The van der Waals surface area contributed by atoms with E-state index in [0.29, 0.717) is 16.0 Å². The van der Waals surface area contributed by atoms with Gasteiger partial charge >= 0.3 is 0 Å². The second kappa shape index (κ2) is 11.8. The predicted molar refractivity (Wildman–Crippen MR) is 133 cm³/mol. The Bertz CT molecular complexity index is 1130. The predicted octanol–water partition coefficient (Wildman–Crippen LogP) is 4.45. The number of halogens is 1. The van der Waals surface area contributed by atoms with Crippen LogP contribution in [0.25, 0.3) is 0 Å². The molecule has 35 heavy (non-hydrogen) atoms. The summed E-state index contributed by atoms with van der Waals surface area (Å²) in [6.07, 6.45) is 3.95. The highest BCUT2D eigenvalue weighted by Gasteiger charge is 2.33. The quantitative estimate of drug-likeness (QED) is 0.462. The molecule has 0 bridgehead atoms. The summed E-state index contributed by atoms with van der Waals surface area (Å²) in [4.78, 5) is 41.5. The molecule has 6 nitrogen and oxygen atoms in total. The number of thiophene rings is 1. The van der Waals surface area contributed by atoms with Gasteiger partial charge in [0.05, 0.1) is 11.4 Å². The van der Waals surface area contributed by atoms with E-state index in [9.17, 15) is 18.8 Å². The van der Waals surface area contributed by atoms with E-state index in [0.717, 1.165) is 25.7 Å². The lowest BCUT2D eigenvalue weighted by atomic mass is 10.0. The Morgan fingerprint density at radius 3 is 2.34 bits per heavy atom. The molecular formula is C27H28FN3O3S. The van der Waals surface area contributed by atoms with Crippen LogP contribution in [0.1, 0.15) is 52.5 Å². The van der Waals surface area contributed by atoms with Crippen molar-refractivity contribution >= 4 is 29.1 Å². The highest BCUT2D eigenvalue weighted by Crippen LogP contribution is 2.26. The third kappa shape index (κ3) is 6.54. The van der Waals surface area contributed by atoms with Crippen LogP contribution in [0.2, 0.25) is 0 Å². The van der Waals surface area contributed by atoms with Crippen LogP contribution in [0.15, 0.2) is 72.1 Å². The molecule has 0 radical (unpaired) electrons. The van der Waals surface area contributed by atoms with Gasteiger partial charge in [-0.05, 0) is 47.5 Å². The van der Waals surface area contributed by atoms with E-state index in [1.54, 1.807) is 29.6 Å². The molecule has 1 aliphatic carbocycles. The number of hydrogen-bond donors (Lipinski definition) is 2. The average Bonchev–Trinajstić information content (AvgIpc) is 3.59. The fraction of sp³-hybridized carbons (Fsp3) is 0.296. The Morgan fingerprint density at radius 2 is 1.69 bits per heavy atom. The Morgan fingerprint density at radius 1 is 0.971 bits per heavy atom.